The lowest BCUT2D eigenvalue weighted by molar-refractivity contribution is -0.135. The number of likely N-dealkylation sites (N-methyl/N-ethyl adjacent to an activating group) is 1. The molecule has 1 fully saturated rings. The van der Waals surface area contributed by atoms with E-state index in [2.05, 4.69) is 0 Å². The predicted octanol–water partition coefficient (Wildman–Crippen LogP) is 2.31. The average Bonchev–Trinajstić information content (AvgIpc) is 2.84. The fourth-order valence-electron chi connectivity index (χ4n) is 2.40. The smallest absolute Gasteiger partial charge is 0.294 e. The summed E-state index contributed by atoms with van der Waals surface area (Å²) in [7, 11) is 1.44. The zero-order valence-corrected chi connectivity index (χ0v) is 15.1. The summed E-state index contributed by atoms with van der Waals surface area (Å²) in [4.78, 5) is 39.4. The van der Waals surface area contributed by atoms with E-state index < -0.39 is 11.1 Å². The van der Waals surface area contributed by atoms with Gasteiger partial charge in [-0.25, -0.2) is 0 Å². The van der Waals surface area contributed by atoms with Gasteiger partial charge in [0, 0.05) is 13.1 Å². The van der Waals surface area contributed by atoms with Crippen LogP contribution in [0.2, 0.25) is 0 Å². The highest BCUT2D eigenvalue weighted by atomic mass is 32.2. The number of phenolic OH excluding ortho intramolecular Hbond substituents is 1. The van der Waals surface area contributed by atoms with Crippen molar-refractivity contribution in [2.45, 2.75) is 13.8 Å². The third-order valence-corrected chi connectivity index (χ3v) is 4.69. The molecule has 25 heavy (non-hydrogen) atoms. The number of thioether (sulfide) groups is 1. The van der Waals surface area contributed by atoms with Crippen LogP contribution in [0.3, 0.4) is 0 Å². The van der Waals surface area contributed by atoms with E-state index in [9.17, 15) is 19.5 Å². The van der Waals surface area contributed by atoms with Crippen molar-refractivity contribution < 1.29 is 24.2 Å². The molecule has 1 aromatic rings. The maximum absolute atomic E-state index is 12.4. The number of hydrogen-bond donors (Lipinski definition) is 1. The molecular formula is C17H20N2O5S. The zero-order valence-electron chi connectivity index (χ0n) is 14.3. The maximum atomic E-state index is 12.4. The molecule has 134 valence electrons. The van der Waals surface area contributed by atoms with Crippen LogP contribution in [0.1, 0.15) is 19.4 Å². The average molecular weight is 364 g/mol. The molecule has 8 heteroatoms. The van der Waals surface area contributed by atoms with Gasteiger partial charge in [0.25, 0.3) is 11.1 Å². The van der Waals surface area contributed by atoms with E-state index in [-0.39, 0.29) is 23.1 Å². The second-order valence-corrected chi connectivity index (χ2v) is 6.26. The van der Waals surface area contributed by atoms with Gasteiger partial charge >= 0.3 is 0 Å². The van der Waals surface area contributed by atoms with Crippen LogP contribution in [-0.2, 0) is 9.59 Å². The summed E-state index contributed by atoms with van der Waals surface area (Å²) in [6.07, 6.45) is 1.51. The quantitative estimate of drug-likeness (QED) is 0.780. The highest BCUT2D eigenvalue weighted by Gasteiger charge is 2.36. The van der Waals surface area contributed by atoms with Crippen molar-refractivity contribution in [2.75, 3.05) is 26.7 Å². The second kappa shape index (κ2) is 8.06. The number of phenols is 1. The molecule has 0 atom stereocenters. The molecular weight excluding hydrogens is 344 g/mol. The Balaban J connectivity index is 2.17. The fraction of sp³-hybridized carbons (Fsp3) is 0.353. The molecule has 1 saturated heterocycles. The number of imide groups is 1. The van der Waals surface area contributed by atoms with E-state index in [1.165, 1.54) is 19.3 Å². The largest absolute Gasteiger partial charge is 0.504 e. The minimum atomic E-state index is -0.509. The van der Waals surface area contributed by atoms with Crippen molar-refractivity contribution in [2.24, 2.45) is 0 Å². The Bertz CT molecular complexity index is 728. The Hall–Kier alpha value is -2.48. The van der Waals surface area contributed by atoms with Gasteiger partial charge in [-0.1, -0.05) is 6.07 Å². The third-order valence-electron chi connectivity index (χ3n) is 3.78. The van der Waals surface area contributed by atoms with Gasteiger partial charge in [-0.3, -0.25) is 19.3 Å². The van der Waals surface area contributed by atoms with E-state index in [1.807, 2.05) is 13.8 Å². The number of carbonyl (C=O) groups is 3. The summed E-state index contributed by atoms with van der Waals surface area (Å²) in [5.41, 5.74) is 0.555. The summed E-state index contributed by atoms with van der Waals surface area (Å²) >= 11 is 0.776. The van der Waals surface area contributed by atoms with Crippen LogP contribution in [0.5, 0.6) is 11.5 Å². The van der Waals surface area contributed by atoms with Crippen molar-refractivity contribution in [3.8, 4) is 11.5 Å². The normalized spacial score (nSPS) is 15.8. The van der Waals surface area contributed by atoms with Gasteiger partial charge in [-0.05, 0) is 49.4 Å². The molecule has 0 spiro atoms. The van der Waals surface area contributed by atoms with E-state index in [0.29, 0.717) is 24.4 Å². The Morgan fingerprint density at radius 2 is 2.00 bits per heavy atom. The van der Waals surface area contributed by atoms with Gasteiger partial charge in [-0.2, -0.15) is 0 Å². The number of aromatic hydroxyl groups is 1. The Kier molecular flexibility index (Phi) is 6.08. The molecule has 1 aliphatic rings. The lowest BCUT2D eigenvalue weighted by Crippen LogP contribution is -2.41. The summed E-state index contributed by atoms with van der Waals surface area (Å²) in [6.45, 7) is 4.45. The number of ether oxygens (including phenoxy) is 1. The first kappa shape index (κ1) is 18.9. The lowest BCUT2D eigenvalue weighted by Gasteiger charge is -2.21. The Labute approximate surface area is 150 Å². The van der Waals surface area contributed by atoms with Crippen molar-refractivity contribution >= 4 is 34.9 Å². The number of hydrogen-bond acceptors (Lipinski definition) is 6. The highest BCUT2D eigenvalue weighted by Crippen LogP contribution is 2.34. The molecule has 0 aliphatic carbocycles. The number of rotatable bonds is 6. The first-order valence-corrected chi connectivity index (χ1v) is 8.63. The SMILES string of the molecule is CCN(CC)C(=O)CN1C(=O)S/C(=C\c2ccc(OC)c(O)c2)C1=O. The summed E-state index contributed by atoms with van der Waals surface area (Å²) in [5.74, 6) is -0.524. The Morgan fingerprint density at radius 3 is 2.56 bits per heavy atom. The summed E-state index contributed by atoms with van der Waals surface area (Å²) in [6, 6.07) is 4.66. The summed E-state index contributed by atoms with van der Waals surface area (Å²) in [5, 5.41) is 9.32. The van der Waals surface area contributed by atoms with Crippen molar-refractivity contribution in [1.82, 2.24) is 9.80 Å². The molecule has 0 bridgehead atoms. The monoisotopic (exact) mass is 364 g/mol. The number of methoxy groups -OCH3 is 1. The fourth-order valence-corrected chi connectivity index (χ4v) is 3.23. The van der Waals surface area contributed by atoms with Crippen LogP contribution in [0, 0.1) is 0 Å². The van der Waals surface area contributed by atoms with Gasteiger partial charge in [0.15, 0.2) is 11.5 Å². The van der Waals surface area contributed by atoms with Crippen LogP contribution < -0.4 is 4.74 Å². The molecule has 0 saturated carbocycles. The van der Waals surface area contributed by atoms with E-state index >= 15 is 0 Å². The van der Waals surface area contributed by atoms with Crippen LogP contribution in [0.15, 0.2) is 23.1 Å². The van der Waals surface area contributed by atoms with Gasteiger partial charge in [0.2, 0.25) is 5.91 Å². The number of carbonyl (C=O) groups excluding carboxylic acids is 3. The van der Waals surface area contributed by atoms with Gasteiger partial charge in [0.05, 0.1) is 12.0 Å². The Morgan fingerprint density at radius 1 is 1.32 bits per heavy atom. The van der Waals surface area contributed by atoms with Crippen molar-refractivity contribution in [1.29, 1.82) is 0 Å². The van der Waals surface area contributed by atoms with Crippen LogP contribution >= 0.6 is 11.8 Å². The van der Waals surface area contributed by atoms with Crippen LogP contribution in [0.25, 0.3) is 6.08 Å². The molecule has 7 nitrogen and oxygen atoms in total. The molecule has 1 heterocycles. The third kappa shape index (κ3) is 4.14. The van der Waals surface area contributed by atoms with E-state index in [4.69, 9.17) is 4.74 Å². The molecule has 1 aromatic carbocycles. The minimum Gasteiger partial charge on any atom is -0.504 e. The van der Waals surface area contributed by atoms with Crippen LogP contribution in [-0.4, -0.2) is 58.7 Å². The van der Waals surface area contributed by atoms with Gasteiger partial charge in [0.1, 0.15) is 6.54 Å². The van der Waals surface area contributed by atoms with E-state index in [1.54, 1.807) is 17.0 Å². The molecule has 0 aromatic heterocycles. The summed E-state index contributed by atoms with van der Waals surface area (Å²) < 4.78 is 4.97. The molecule has 0 radical (unpaired) electrons. The van der Waals surface area contributed by atoms with Gasteiger partial charge in [-0.15, -0.1) is 0 Å². The lowest BCUT2D eigenvalue weighted by atomic mass is 10.2. The van der Waals surface area contributed by atoms with E-state index in [0.717, 1.165) is 16.7 Å². The zero-order chi connectivity index (χ0) is 18.6. The maximum Gasteiger partial charge on any atom is 0.294 e. The molecule has 3 amide bonds. The first-order valence-electron chi connectivity index (χ1n) is 7.81. The molecule has 1 aliphatic heterocycles. The molecule has 1 N–H and O–H groups in total. The molecule has 0 unspecified atom stereocenters. The van der Waals surface area contributed by atoms with Gasteiger partial charge < -0.3 is 14.7 Å². The van der Waals surface area contributed by atoms with Crippen molar-refractivity contribution in [3.63, 3.8) is 0 Å². The van der Waals surface area contributed by atoms with Crippen LogP contribution in [0.4, 0.5) is 4.79 Å². The molecule has 2 rings (SSSR count). The first-order chi connectivity index (χ1) is 11.9. The number of nitrogens with zero attached hydrogens (tertiary/aromatic N) is 2. The number of benzene rings is 1. The number of amides is 3. The highest BCUT2D eigenvalue weighted by molar-refractivity contribution is 8.18. The van der Waals surface area contributed by atoms with Crippen molar-refractivity contribution in [3.05, 3.63) is 28.7 Å². The minimum absolute atomic E-state index is 0.0628. The second-order valence-electron chi connectivity index (χ2n) is 5.27. The predicted molar refractivity (Wildman–Crippen MR) is 95.3 cm³/mol. The standard InChI is InChI=1S/C17H20N2O5S/c1-4-18(5-2)15(21)10-19-16(22)14(25-17(19)23)9-11-6-7-13(24-3)12(20)8-11/h6-9,20H,4-5,10H2,1-3H3/b14-9-. The topological polar surface area (TPSA) is 87.2 Å².